The molecule has 44 heavy (non-hydrogen) atoms. The second kappa shape index (κ2) is 16.0. The summed E-state index contributed by atoms with van der Waals surface area (Å²) < 4.78 is 28.8. The predicted molar refractivity (Wildman–Crippen MR) is 181 cm³/mol. The van der Waals surface area contributed by atoms with Crippen LogP contribution in [0.3, 0.4) is 0 Å². The Balaban J connectivity index is 0.00000442. The highest BCUT2D eigenvalue weighted by Crippen LogP contribution is 2.50. The van der Waals surface area contributed by atoms with E-state index < -0.39 is 22.9 Å². The molecule has 2 fully saturated rings. The molecule has 1 heterocycles. The number of aliphatic hydroxyl groups is 1. The molecule has 0 aromatic heterocycles. The minimum absolute atomic E-state index is 0. The fraction of sp³-hybridized carbons (Fsp3) is 0.441. The smallest absolute Gasteiger partial charge is 0.251 e. The molecule has 3 aromatic rings. The predicted octanol–water partition coefficient (Wildman–Crippen LogP) is 6.53. The van der Waals surface area contributed by atoms with Gasteiger partial charge in [0.15, 0.2) is 0 Å². The van der Waals surface area contributed by atoms with Crippen LogP contribution in [0.1, 0.15) is 71.5 Å². The number of carbonyl (C=O) groups is 1. The van der Waals surface area contributed by atoms with Crippen LogP contribution in [0.15, 0.2) is 72.8 Å². The van der Waals surface area contributed by atoms with Gasteiger partial charge in [0.05, 0.1) is 30.7 Å². The van der Waals surface area contributed by atoms with Crippen LogP contribution in [0.5, 0.6) is 5.75 Å². The molecule has 1 aliphatic heterocycles. The molecular formula is C34H46ClN3O5S. The molecule has 2 atom stereocenters. The van der Waals surface area contributed by atoms with Crippen LogP contribution in [0.25, 0.3) is 0 Å². The quantitative estimate of drug-likeness (QED) is 0.152. The lowest BCUT2D eigenvalue weighted by Gasteiger charge is -2.47. The summed E-state index contributed by atoms with van der Waals surface area (Å²) in [6.45, 7) is 1.39. The van der Waals surface area contributed by atoms with Gasteiger partial charge >= 0.3 is 0 Å². The second-order valence-electron chi connectivity index (χ2n) is 11.8. The number of nitrogens with zero attached hydrogens (tertiary/aromatic N) is 1. The van der Waals surface area contributed by atoms with E-state index in [9.17, 15) is 19.0 Å². The number of carbonyl (C=O) groups excluding carboxylic acids is 1. The maximum Gasteiger partial charge on any atom is 0.251 e. The lowest BCUT2D eigenvalue weighted by molar-refractivity contribution is 0.0830. The van der Waals surface area contributed by atoms with Crippen LogP contribution in [-0.4, -0.2) is 58.2 Å². The third-order valence-electron chi connectivity index (χ3n) is 8.60. The Morgan fingerprint density at radius 1 is 0.977 bits per heavy atom. The second-order valence-corrected chi connectivity index (χ2v) is 13.9. The fourth-order valence-corrected chi connectivity index (χ4v) is 7.88. The number of nitrogens with one attached hydrogen (secondary N) is 2. The van der Waals surface area contributed by atoms with Crippen molar-refractivity contribution in [2.45, 2.75) is 69.6 Å². The van der Waals surface area contributed by atoms with Gasteiger partial charge in [-0.1, -0.05) is 55.3 Å². The number of benzene rings is 3. The van der Waals surface area contributed by atoms with E-state index in [1.54, 1.807) is 17.5 Å². The lowest BCUT2D eigenvalue weighted by Crippen LogP contribution is -2.48. The van der Waals surface area contributed by atoms with Gasteiger partial charge in [-0.05, 0) is 85.0 Å². The number of rotatable bonds is 12. The SMILES string of the molecule is COc1cccc(CNC[C@H](O)[C@H](Cc2ccccc2)NC(=O)c2cc(C3CCCC3)cc(N3CCCCS3(O)O)c2)c1.Cl. The van der Waals surface area contributed by atoms with Crippen molar-refractivity contribution in [3.63, 3.8) is 0 Å². The minimum Gasteiger partial charge on any atom is -0.497 e. The maximum atomic E-state index is 13.9. The molecule has 3 aromatic carbocycles. The molecule has 0 spiro atoms. The minimum atomic E-state index is -2.93. The van der Waals surface area contributed by atoms with Crippen molar-refractivity contribution in [1.29, 1.82) is 0 Å². The topological polar surface area (TPSA) is 114 Å². The normalized spacial score (nSPS) is 18.6. The van der Waals surface area contributed by atoms with E-state index in [4.69, 9.17) is 4.74 Å². The number of amides is 1. The van der Waals surface area contributed by atoms with Crippen LogP contribution in [0, 0.1) is 0 Å². The molecule has 1 aliphatic carbocycles. The first-order valence-electron chi connectivity index (χ1n) is 15.4. The zero-order valence-electron chi connectivity index (χ0n) is 25.4. The van der Waals surface area contributed by atoms with Crippen LogP contribution < -0.4 is 19.7 Å². The zero-order valence-corrected chi connectivity index (χ0v) is 27.0. The third-order valence-corrected chi connectivity index (χ3v) is 10.5. The zero-order chi connectivity index (χ0) is 30.2. The summed E-state index contributed by atoms with van der Waals surface area (Å²) in [5.41, 5.74) is 4.29. The first kappa shape index (κ1) is 34.1. The molecular weight excluding hydrogens is 598 g/mol. The monoisotopic (exact) mass is 643 g/mol. The van der Waals surface area contributed by atoms with Gasteiger partial charge in [0.2, 0.25) is 0 Å². The van der Waals surface area contributed by atoms with E-state index in [-0.39, 0.29) is 24.9 Å². The number of aliphatic hydroxyl groups excluding tert-OH is 1. The summed E-state index contributed by atoms with van der Waals surface area (Å²) in [5, 5.41) is 17.8. The summed E-state index contributed by atoms with van der Waals surface area (Å²) in [4.78, 5) is 13.9. The van der Waals surface area contributed by atoms with Gasteiger partial charge < -0.3 is 20.5 Å². The summed E-state index contributed by atoms with van der Waals surface area (Å²) >= 11 is 0. The average molecular weight is 644 g/mol. The van der Waals surface area contributed by atoms with E-state index in [0.717, 1.165) is 61.0 Å². The molecule has 8 nitrogen and oxygen atoms in total. The van der Waals surface area contributed by atoms with Crippen LogP contribution in [-0.2, 0) is 13.0 Å². The van der Waals surface area contributed by atoms with Crippen LogP contribution >= 0.6 is 23.2 Å². The van der Waals surface area contributed by atoms with Gasteiger partial charge in [0, 0.05) is 25.2 Å². The van der Waals surface area contributed by atoms with E-state index in [1.165, 1.54) is 0 Å². The number of ether oxygens (including phenoxy) is 1. The highest BCUT2D eigenvalue weighted by atomic mass is 35.5. The molecule has 0 bridgehead atoms. The average Bonchev–Trinajstić information content (AvgIpc) is 3.56. The first-order chi connectivity index (χ1) is 20.8. The Bertz CT molecular complexity index is 1360. The highest BCUT2D eigenvalue weighted by molar-refractivity contribution is 8.25. The van der Waals surface area contributed by atoms with Gasteiger partial charge in [-0.2, -0.15) is 0 Å². The summed E-state index contributed by atoms with van der Waals surface area (Å²) in [6, 6.07) is 22.9. The molecule has 1 saturated heterocycles. The van der Waals surface area contributed by atoms with Crippen LogP contribution in [0.4, 0.5) is 5.69 Å². The largest absolute Gasteiger partial charge is 0.497 e. The lowest BCUT2D eigenvalue weighted by atomic mass is 9.94. The molecule has 5 N–H and O–H groups in total. The van der Waals surface area contributed by atoms with Crippen molar-refractivity contribution >= 4 is 34.8 Å². The van der Waals surface area contributed by atoms with Gasteiger partial charge in [-0.3, -0.25) is 18.2 Å². The van der Waals surface area contributed by atoms with Gasteiger partial charge in [-0.15, -0.1) is 23.2 Å². The Morgan fingerprint density at radius 2 is 1.73 bits per heavy atom. The van der Waals surface area contributed by atoms with Crippen molar-refractivity contribution in [3.05, 3.63) is 95.1 Å². The van der Waals surface area contributed by atoms with Crippen molar-refractivity contribution in [2.24, 2.45) is 0 Å². The maximum absolute atomic E-state index is 13.9. The number of anilines is 1. The summed E-state index contributed by atoms with van der Waals surface area (Å²) in [6.07, 6.45) is 5.72. The molecule has 240 valence electrons. The molecule has 0 unspecified atom stereocenters. The number of halogens is 1. The highest BCUT2D eigenvalue weighted by Gasteiger charge is 2.30. The summed E-state index contributed by atoms with van der Waals surface area (Å²) in [5.74, 6) is 1.20. The third kappa shape index (κ3) is 8.90. The van der Waals surface area contributed by atoms with E-state index in [2.05, 4.69) is 10.6 Å². The number of hydrogen-bond donors (Lipinski definition) is 5. The van der Waals surface area contributed by atoms with Crippen molar-refractivity contribution in [3.8, 4) is 5.75 Å². The summed E-state index contributed by atoms with van der Waals surface area (Å²) in [7, 11) is -1.29. The number of hydrogen-bond acceptors (Lipinski definition) is 7. The first-order valence-corrected chi connectivity index (χ1v) is 17.0. The fourth-order valence-electron chi connectivity index (χ4n) is 6.20. The molecule has 1 saturated carbocycles. The van der Waals surface area contributed by atoms with Crippen molar-refractivity contribution < 1.29 is 23.7 Å². The van der Waals surface area contributed by atoms with Gasteiger partial charge in [0.1, 0.15) is 5.75 Å². The van der Waals surface area contributed by atoms with E-state index in [0.29, 0.717) is 42.4 Å². The molecule has 5 rings (SSSR count). The number of methoxy groups -OCH3 is 1. The molecule has 10 heteroatoms. The van der Waals surface area contributed by atoms with Gasteiger partial charge in [0.25, 0.3) is 5.91 Å². The Hall–Kier alpha value is -2.79. The van der Waals surface area contributed by atoms with Crippen molar-refractivity contribution in [1.82, 2.24) is 10.6 Å². The van der Waals surface area contributed by atoms with Crippen LogP contribution in [0.2, 0.25) is 0 Å². The Morgan fingerprint density at radius 3 is 2.45 bits per heavy atom. The molecule has 0 radical (unpaired) electrons. The molecule has 2 aliphatic rings. The molecule has 1 amide bonds. The Kier molecular flexibility index (Phi) is 12.4. The Labute approximate surface area is 269 Å². The van der Waals surface area contributed by atoms with E-state index >= 15 is 0 Å². The van der Waals surface area contributed by atoms with Gasteiger partial charge in [-0.25, -0.2) is 0 Å². The van der Waals surface area contributed by atoms with E-state index in [1.807, 2.05) is 66.7 Å². The van der Waals surface area contributed by atoms with Crippen molar-refractivity contribution in [2.75, 3.05) is 30.3 Å². The standard InChI is InChI=1S/C34H45N3O5S.ClH/c1-42-31-15-9-12-26(18-31)23-35-24-33(38)32(19-25-10-3-2-4-11-25)36-34(39)29-20-28(27-13-5-6-14-27)21-30(22-29)37-16-7-8-17-43(37,40)41;/h2-4,9-12,15,18,20-22,27,32-33,35,38,40-41H,5-8,13-14,16-17,19,23-24H2,1H3,(H,36,39);1H/t32-,33-;/m0./s1.